The Hall–Kier alpha value is -1.49. The highest BCUT2D eigenvalue weighted by Crippen LogP contribution is 2.17. The minimum Gasteiger partial charge on any atom is -0.344 e. The van der Waals surface area contributed by atoms with E-state index in [2.05, 4.69) is 51.7 Å². The highest BCUT2D eigenvalue weighted by Gasteiger charge is 2.07. The largest absolute Gasteiger partial charge is 0.344 e. The van der Waals surface area contributed by atoms with Gasteiger partial charge >= 0.3 is 0 Å². The molecule has 84 valence electrons. The van der Waals surface area contributed by atoms with Crippen LogP contribution in [0.2, 0.25) is 0 Å². The van der Waals surface area contributed by atoms with Crippen LogP contribution in [-0.4, -0.2) is 21.8 Å². The van der Waals surface area contributed by atoms with Crippen LogP contribution in [0.1, 0.15) is 16.7 Å². The number of benzene rings is 1. The van der Waals surface area contributed by atoms with Gasteiger partial charge in [0.05, 0.1) is 0 Å². The van der Waals surface area contributed by atoms with E-state index in [9.17, 15) is 0 Å². The van der Waals surface area contributed by atoms with E-state index in [1.807, 2.05) is 7.05 Å². The van der Waals surface area contributed by atoms with Crippen molar-refractivity contribution in [2.24, 2.45) is 0 Å². The second kappa shape index (κ2) is 4.57. The molecule has 0 radical (unpaired) electrons. The Labute approximate surface area is 99.1 Å². The van der Waals surface area contributed by atoms with Crippen LogP contribution in [0.15, 0.2) is 18.2 Å². The molecule has 0 saturated carbocycles. The lowest BCUT2D eigenvalue weighted by atomic mass is 10.1. The van der Waals surface area contributed by atoms with E-state index >= 15 is 0 Å². The molecule has 2 aromatic rings. The lowest BCUT2D eigenvalue weighted by molar-refractivity contribution is 0.869. The van der Waals surface area contributed by atoms with Gasteiger partial charge < -0.3 is 4.90 Å². The van der Waals surface area contributed by atoms with Crippen molar-refractivity contribution in [3.05, 3.63) is 34.9 Å². The van der Waals surface area contributed by atoms with Crippen LogP contribution in [0.3, 0.4) is 0 Å². The minimum absolute atomic E-state index is 0.836. The monoisotopic (exact) mass is 234 g/mol. The summed E-state index contributed by atoms with van der Waals surface area (Å²) in [6.07, 6.45) is 0. The van der Waals surface area contributed by atoms with E-state index in [4.69, 9.17) is 0 Å². The average molecular weight is 234 g/mol. The van der Waals surface area contributed by atoms with Gasteiger partial charge in [-0.25, -0.2) is 0 Å². The number of nitrogens with zero attached hydrogens (tertiary/aromatic N) is 4. The topological polar surface area (TPSA) is 41.9 Å². The van der Waals surface area contributed by atoms with Crippen molar-refractivity contribution in [2.45, 2.75) is 20.4 Å². The van der Waals surface area contributed by atoms with Crippen LogP contribution in [-0.2, 0) is 6.54 Å². The molecule has 0 atom stereocenters. The fourth-order valence-electron chi connectivity index (χ4n) is 1.62. The lowest BCUT2D eigenvalue weighted by Gasteiger charge is -2.16. The molecular formula is C11H14N4S. The van der Waals surface area contributed by atoms with Gasteiger partial charge in [-0.05, 0) is 30.2 Å². The SMILES string of the molecule is Cc1ccc(CN(C)c2nnns2)c(C)c1. The first-order chi connectivity index (χ1) is 7.66. The number of hydrogen-bond acceptors (Lipinski definition) is 5. The number of hydrogen-bond donors (Lipinski definition) is 0. The summed E-state index contributed by atoms with van der Waals surface area (Å²) in [4.78, 5) is 2.06. The van der Waals surface area contributed by atoms with Gasteiger partial charge in [0.15, 0.2) is 0 Å². The van der Waals surface area contributed by atoms with Crippen LogP contribution in [0.5, 0.6) is 0 Å². The van der Waals surface area contributed by atoms with E-state index in [1.54, 1.807) is 0 Å². The summed E-state index contributed by atoms with van der Waals surface area (Å²) < 4.78 is 3.76. The molecule has 0 spiro atoms. The molecule has 1 aromatic carbocycles. The second-order valence-electron chi connectivity index (χ2n) is 3.93. The minimum atomic E-state index is 0.836. The van der Waals surface area contributed by atoms with Gasteiger partial charge in [0, 0.05) is 25.1 Å². The molecule has 5 heteroatoms. The van der Waals surface area contributed by atoms with Crippen LogP contribution >= 0.6 is 11.5 Å². The maximum atomic E-state index is 3.94. The van der Waals surface area contributed by atoms with Crippen LogP contribution in [0, 0.1) is 13.8 Å². The van der Waals surface area contributed by atoms with Crippen molar-refractivity contribution in [2.75, 3.05) is 11.9 Å². The molecule has 4 nitrogen and oxygen atoms in total. The van der Waals surface area contributed by atoms with Gasteiger partial charge in [-0.2, -0.15) is 0 Å². The Morgan fingerprint density at radius 2 is 2.12 bits per heavy atom. The van der Waals surface area contributed by atoms with Crippen LogP contribution in [0.4, 0.5) is 5.13 Å². The first-order valence-corrected chi connectivity index (χ1v) is 5.86. The van der Waals surface area contributed by atoms with Crippen molar-refractivity contribution < 1.29 is 0 Å². The Balaban J connectivity index is 2.15. The molecule has 1 aromatic heterocycles. The molecular weight excluding hydrogens is 220 g/mol. The van der Waals surface area contributed by atoms with E-state index in [0.717, 1.165) is 11.7 Å². The summed E-state index contributed by atoms with van der Waals surface area (Å²) in [5.74, 6) is 0. The molecule has 1 heterocycles. The van der Waals surface area contributed by atoms with Crippen molar-refractivity contribution in [3.63, 3.8) is 0 Å². The highest BCUT2D eigenvalue weighted by molar-refractivity contribution is 7.09. The van der Waals surface area contributed by atoms with E-state index < -0.39 is 0 Å². The Kier molecular flexibility index (Phi) is 3.14. The molecule has 0 aliphatic heterocycles. The molecule has 0 unspecified atom stereocenters. The summed E-state index contributed by atoms with van der Waals surface area (Å²) in [7, 11) is 2.00. The summed E-state index contributed by atoms with van der Waals surface area (Å²) in [6.45, 7) is 5.08. The third-order valence-corrected chi connectivity index (χ3v) is 3.23. The fraction of sp³-hybridized carbons (Fsp3) is 0.364. The van der Waals surface area contributed by atoms with E-state index in [1.165, 1.54) is 28.2 Å². The number of anilines is 1. The average Bonchev–Trinajstić information content (AvgIpc) is 2.75. The first kappa shape index (κ1) is 11.0. The third-order valence-electron chi connectivity index (χ3n) is 2.52. The second-order valence-corrected chi connectivity index (χ2v) is 4.64. The van der Waals surface area contributed by atoms with Crippen molar-refractivity contribution in [1.82, 2.24) is 14.8 Å². The molecule has 0 amide bonds. The molecule has 0 aliphatic carbocycles. The molecule has 0 bridgehead atoms. The molecule has 16 heavy (non-hydrogen) atoms. The zero-order valence-corrected chi connectivity index (χ0v) is 10.5. The normalized spacial score (nSPS) is 10.4. The Bertz CT molecular complexity index is 467. The molecule has 0 saturated heterocycles. The predicted molar refractivity (Wildman–Crippen MR) is 65.7 cm³/mol. The number of rotatable bonds is 3. The van der Waals surface area contributed by atoms with E-state index in [-0.39, 0.29) is 0 Å². The maximum absolute atomic E-state index is 3.94. The van der Waals surface area contributed by atoms with E-state index in [0.29, 0.717) is 0 Å². The van der Waals surface area contributed by atoms with Crippen LogP contribution in [0.25, 0.3) is 0 Å². The maximum Gasteiger partial charge on any atom is 0.227 e. The zero-order valence-electron chi connectivity index (χ0n) is 9.64. The van der Waals surface area contributed by atoms with Crippen molar-refractivity contribution in [1.29, 1.82) is 0 Å². The lowest BCUT2D eigenvalue weighted by Crippen LogP contribution is -2.16. The summed E-state index contributed by atoms with van der Waals surface area (Å²) in [5, 5.41) is 8.39. The van der Waals surface area contributed by atoms with Gasteiger partial charge in [0.2, 0.25) is 5.13 Å². The van der Waals surface area contributed by atoms with Crippen LogP contribution < -0.4 is 4.90 Å². The quantitative estimate of drug-likeness (QED) is 0.816. The van der Waals surface area contributed by atoms with Gasteiger partial charge in [-0.1, -0.05) is 33.3 Å². The summed E-state index contributed by atoms with van der Waals surface area (Å²) >= 11 is 1.31. The van der Waals surface area contributed by atoms with Gasteiger partial charge in [-0.15, -0.1) is 0 Å². The number of aryl methyl sites for hydroxylation is 2. The summed E-state index contributed by atoms with van der Waals surface area (Å²) in [6, 6.07) is 6.49. The molecule has 0 aliphatic rings. The molecule has 0 fully saturated rings. The predicted octanol–water partition coefficient (Wildman–Crippen LogP) is 2.19. The van der Waals surface area contributed by atoms with Crippen molar-refractivity contribution in [3.8, 4) is 0 Å². The highest BCUT2D eigenvalue weighted by atomic mass is 32.1. The van der Waals surface area contributed by atoms with Gasteiger partial charge in [0.25, 0.3) is 0 Å². The zero-order chi connectivity index (χ0) is 11.5. The summed E-state index contributed by atoms with van der Waals surface area (Å²) in [5.41, 5.74) is 3.91. The fourth-order valence-corrected chi connectivity index (χ4v) is 2.04. The standard InChI is InChI=1S/C11H14N4S/c1-8-4-5-10(9(2)6-8)7-15(3)11-12-13-14-16-11/h4-6H,7H2,1-3H3. The Morgan fingerprint density at radius 3 is 2.75 bits per heavy atom. The molecule has 0 N–H and O–H groups in total. The molecule has 2 rings (SSSR count). The smallest absolute Gasteiger partial charge is 0.227 e. The number of aromatic nitrogens is 3. The van der Waals surface area contributed by atoms with Crippen molar-refractivity contribution >= 4 is 16.7 Å². The Morgan fingerprint density at radius 1 is 1.31 bits per heavy atom. The van der Waals surface area contributed by atoms with Gasteiger partial charge in [-0.3, -0.25) is 0 Å². The van der Waals surface area contributed by atoms with Gasteiger partial charge in [0.1, 0.15) is 0 Å². The third kappa shape index (κ3) is 2.36. The first-order valence-electron chi connectivity index (χ1n) is 5.09.